The van der Waals surface area contributed by atoms with Crippen molar-refractivity contribution >= 4 is 23.4 Å². The topological polar surface area (TPSA) is 81.4 Å². The van der Waals surface area contributed by atoms with Crippen LogP contribution in [-0.4, -0.2) is 24.0 Å². The molecule has 2 amide bonds. The summed E-state index contributed by atoms with van der Waals surface area (Å²) in [6.07, 6.45) is -0.745. The Bertz CT molecular complexity index is 532. The van der Waals surface area contributed by atoms with Crippen molar-refractivity contribution in [3.8, 4) is 5.75 Å². The molecule has 0 fully saturated rings. The fraction of sp³-hybridized carbons (Fsp3) is 0.467. The summed E-state index contributed by atoms with van der Waals surface area (Å²) in [5, 5.41) is 3.20. The van der Waals surface area contributed by atoms with E-state index in [1.807, 2.05) is 20.8 Å². The Morgan fingerprint density at radius 2 is 1.90 bits per heavy atom. The van der Waals surface area contributed by atoms with Gasteiger partial charge in [-0.05, 0) is 43.5 Å². The van der Waals surface area contributed by atoms with Gasteiger partial charge in [0.1, 0.15) is 11.8 Å². The van der Waals surface area contributed by atoms with Crippen molar-refractivity contribution in [3.63, 3.8) is 0 Å². The number of hydrogen-bond acceptors (Lipinski definition) is 3. The number of nitrogens with two attached hydrogens (primary N) is 1. The Hall–Kier alpha value is -1.75. The highest BCUT2D eigenvalue weighted by atomic mass is 35.5. The highest BCUT2D eigenvalue weighted by molar-refractivity contribution is 6.30. The molecule has 21 heavy (non-hydrogen) atoms. The summed E-state index contributed by atoms with van der Waals surface area (Å²) in [5.74, 6) is -0.465. The second-order valence-electron chi connectivity index (χ2n) is 5.30. The summed E-state index contributed by atoms with van der Waals surface area (Å²) in [7, 11) is 0. The first kappa shape index (κ1) is 17.3. The van der Waals surface area contributed by atoms with Crippen LogP contribution < -0.4 is 15.8 Å². The van der Waals surface area contributed by atoms with Crippen molar-refractivity contribution in [1.82, 2.24) is 5.32 Å². The molecule has 0 radical (unpaired) electrons. The van der Waals surface area contributed by atoms with E-state index in [0.717, 1.165) is 5.56 Å². The van der Waals surface area contributed by atoms with Gasteiger partial charge >= 0.3 is 0 Å². The number of ether oxygens (including phenoxy) is 1. The van der Waals surface area contributed by atoms with Crippen molar-refractivity contribution in [3.05, 3.63) is 28.8 Å². The minimum atomic E-state index is -0.745. The normalized spacial score (nSPS) is 13.6. The van der Waals surface area contributed by atoms with Gasteiger partial charge in [0.2, 0.25) is 5.91 Å². The zero-order valence-electron chi connectivity index (χ0n) is 12.6. The molecule has 5 nitrogen and oxygen atoms in total. The number of carbonyl (C=O) groups excluding carboxylic acids is 2. The van der Waals surface area contributed by atoms with E-state index in [1.165, 1.54) is 0 Å². The van der Waals surface area contributed by atoms with E-state index >= 15 is 0 Å². The van der Waals surface area contributed by atoms with Gasteiger partial charge < -0.3 is 15.8 Å². The van der Waals surface area contributed by atoms with Gasteiger partial charge in [0.15, 0.2) is 6.10 Å². The number of amides is 2. The predicted octanol–water partition coefficient (Wildman–Crippen LogP) is 2.04. The summed E-state index contributed by atoms with van der Waals surface area (Å²) < 4.78 is 5.60. The average molecular weight is 313 g/mol. The molecule has 116 valence electrons. The molecule has 6 heteroatoms. The van der Waals surface area contributed by atoms with E-state index in [9.17, 15) is 9.59 Å². The van der Waals surface area contributed by atoms with Gasteiger partial charge in [-0.3, -0.25) is 9.59 Å². The molecule has 0 saturated carbocycles. The summed E-state index contributed by atoms with van der Waals surface area (Å²) in [6, 6.07) is 4.43. The molecule has 0 bridgehead atoms. The Morgan fingerprint density at radius 1 is 1.29 bits per heavy atom. The van der Waals surface area contributed by atoms with Crippen molar-refractivity contribution in [1.29, 1.82) is 0 Å². The molecule has 1 aromatic rings. The second-order valence-corrected chi connectivity index (χ2v) is 5.74. The first-order valence-electron chi connectivity index (χ1n) is 6.75. The minimum Gasteiger partial charge on any atom is -0.481 e. The van der Waals surface area contributed by atoms with Crippen LogP contribution in [-0.2, 0) is 9.59 Å². The van der Waals surface area contributed by atoms with Gasteiger partial charge in [-0.2, -0.15) is 0 Å². The Balaban J connectivity index is 2.72. The smallest absolute Gasteiger partial charge is 0.261 e. The fourth-order valence-corrected chi connectivity index (χ4v) is 2.05. The number of aryl methyl sites for hydroxylation is 1. The maximum absolute atomic E-state index is 12.1. The third-order valence-electron chi connectivity index (χ3n) is 3.08. The average Bonchev–Trinajstić information content (AvgIpc) is 2.37. The zero-order valence-corrected chi connectivity index (χ0v) is 13.4. The predicted molar refractivity (Wildman–Crippen MR) is 82.2 cm³/mol. The number of hydrogen-bond donors (Lipinski definition) is 2. The summed E-state index contributed by atoms with van der Waals surface area (Å²) in [6.45, 7) is 7.07. The van der Waals surface area contributed by atoms with Crippen LogP contribution in [0, 0.1) is 12.8 Å². The van der Waals surface area contributed by atoms with E-state index < -0.39 is 18.1 Å². The van der Waals surface area contributed by atoms with Crippen molar-refractivity contribution in [2.75, 3.05) is 0 Å². The molecular formula is C15H21ClN2O3. The number of halogens is 1. The molecule has 0 aliphatic rings. The van der Waals surface area contributed by atoms with Gasteiger partial charge in [-0.1, -0.05) is 25.4 Å². The van der Waals surface area contributed by atoms with Crippen molar-refractivity contribution in [2.24, 2.45) is 11.7 Å². The molecule has 0 unspecified atom stereocenters. The second kappa shape index (κ2) is 7.31. The summed E-state index contributed by atoms with van der Waals surface area (Å²) >= 11 is 5.87. The van der Waals surface area contributed by atoms with E-state index in [0.29, 0.717) is 10.8 Å². The molecule has 0 aliphatic heterocycles. The van der Waals surface area contributed by atoms with Gasteiger partial charge in [0.05, 0.1) is 0 Å². The quantitative estimate of drug-likeness (QED) is 0.843. The van der Waals surface area contributed by atoms with Gasteiger partial charge in [0, 0.05) is 5.02 Å². The Labute approximate surface area is 129 Å². The van der Waals surface area contributed by atoms with Crippen molar-refractivity contribution < 1.29 is 14.3 Å². The minimum absolute atomic E-state index is 0.0871. The molecule has 0 saturated heterocycles. The Kier molecular flexibility index (Phi) is 6.03. The lowest BCUT2D eigenvalue weighted by Gasteiger charge is -2.22. The summed E-state index contributed by atoms with van der Waals surface area (Å²) in [4.78, 5) is 23.4. The summed E-state index contributed by atoms with van der Waals surface area (Å²) in [5.41, 5.74) is 6.10. The number of benzene rings is 1. The monoisotopic (exact) mass is 312 g/mol. The lowest BCUT2D eigenvalue weighted by atomic mass is 10.0. The molecule has 2 atom stereocenters. The highest BCUT2D eigenvalue weighted by Crippen LogP contribution is 2.22. The van der Waals surface area contributed by atoms with Crippen LogP contribution in [0.4, 0.5) is 0 Å². The van der Waals surface area contributed by atoms with E-state index in [1.54, 1.807) is 25.1 Å². The van der Waals surface area contributed by atoms with Crippen LogP contribution in [0.15, 0.2) is 18.2 Å². The zero-order chi connectivity index (χ0) is 16.2. The van der Waals surface area contributed by atoms with E-state index in [2.05, 4.69) is 5.32 Å². The maximum atomic E-state index is 12.1. The molecule has 1 aromatic carbocycles. The van der Waals surface area contributed by atoms with E-state index in [-0.39, 0.29) is 11.8 Å². The first-order chi connectivity index (χ1) is 9.72. The number of nitrogens with one attached hydrogen (secondary N) is 1. The van der Waals surface area contributed by atoms with Crippen LogP contribution in [0.1, 0.15) is 26.3 Å². The van der Waals surface area contributed by atoms with Crippen LogP contribution in [0.5, 0.6) is 5.75 Å². The largest absolute Gasteiger partial charge is 0.481 e. The first-order valence-corrected chi connectivity index (χ1v) is 7.12. The highest BCUT2D eigenvalue weighted by Gasteiger charge is 2.25. The third-order valence-corrected chi connectivity index (χ3v) is 3.32. The lowest BCUT2D eigenvalue weighted by molar-refractivity contribution is -0.132. The van der Waals surface area contributed by atoms with Crippen LogP contribution in [0.25, 0.3) is 0 Å². The van der Waals surface area contributed by atoms with Crippen molar-refractivity contribution in [2.45, 2.75) is 39.8 Å². The fourth-order valence-electron chi connectivity index (χ4n) is 1.83. The molecule has 3 N–H and O–H groups in total. The Morgan fingerprint density at radius 3 is 2.38 bits per heavy atom. The number of rotatable bonds is 6. The molecule has 0 aromatic heterocycles. The molecular weight excluding hydrogens is 292 g/mol. The van der Waals surface area contributed by atoms with Gasteiger partial charge in [-0.25, -0.2) is 0 Å². The standard InChI is InChI=1S/C15H21ClN2O3/c1-8(2)13(14(17)19)18-15(20)10(4)21-12-6-5-11(16)7-9(12)3/h5-8,10,13H,1-4H3,(H2,17,19)(H,18,20)/t10-,13+/m1/s1. The number of primary amides is 1. The lowest BCUT2D eigenvalue weighted by Crippen LogP contribution is -2.51. The SMILES string of the molecule is Cc1cc(Cl)ccc1O[C@H](C)C(=O)N[C@H](C(N)=O)C(C)C. The maximum Gasteiger partial charge on any atom is 0.261 e. The van der Waals surface area contributed by atoms with Gasteiger partial charge in [0.25, 0.3) is 5.91 Å². The van der Waals surface area contributed by atoms with Gasteiger partial charge in [-0.15, -0.1) is 0 Å². The number of carbonyl (C=O) groups is 2. The van der Waals surface area contributed by atoms with E-state index in [4.69, 9.17) is 22.1 Å². The van der Waals surface area contributed by atoms with Crippen LogP contribution >= 0.6 is 11.6 Å². The molecule has 1 rings (SSSR count). The van der Waals surface area contributed by atoms with Crippen LogP contribution in [0.2, 0.25) is 5.02 Å². The third kappa shape index (κ3) is 4.93. The molecule has 0 heterocycles. The van der Waals surface area contributed by atoms with Crippen LogP contribution in [0.3, 0.4) is 0 Å². The molecule has 0 spiro atoms. The molecule has 0 aliphatic carbocycles.